The summed E-state index contributed by atoms with van der Waals surface area (Å²) in [4.78, 5) is 4.06. The zero-order chi connectivity index (χ0) is 8.10. The minimum Gasteiger partial charge on any atom is -0.387 e. The molecule has 0 aliphatic rings. The Labute approximate surface area is 69.5 Å². The summed E-state index contributed by atoms with van der Waals surface area (Å²) in [6, 6.07) is 5.67. The van der Waals surface area contributed by atoms with E-state index in [4.69, 9.17) is 11.1 Å². The van der Waals surface area contributed by atoms with E-state index in [0.717, 1.165) is 5.03 Å². The Hall–Kier alpha value is -1.03. The van der Waals surface area contributed by atoms with Crippen molar-refractivity contribution in [2.24, 2.45) is 5.73 Å². The molecule has 0 fully saturated rings. The number of hydrogen-bond donors (Lipinski definition) is 2. The van der Waals surface area contributed by atoms with Crippen molar-refractivity contribution in [1.29, 1.82) is 5.41 Å². The van der Waals surface area contributed by atoms with Crippen LogP contribution in [0.3, 0.4) is 0 Å². The lowest BCUT2D eigenvalue weighted by Crippen LogP contribution is -2.11. The summed E-state index contributed by atoms with van der Waals surface area (Å²) in [6.45, 7) is 0. The highest BCUT2D eigenvalue weighted by Crippen LogP contribution is 2.12. The van der Waals surface area contributed by atoms with Gasteiger partial charge in [-0.3, -0.25) is 5.41 Å². The smallest absolute Gasteiger partial charge is 0.101 e. The average molecular weight is 167 g/mol. The first-order valence-electron chi connectivity index (χ1n) is 3.16. The quantitative estimate of drug-likeness (QED) is 0.402. The molecule has 1 rings (SSSR count). The molecule has 0 aliphatic heterocycles. The van der Waals surface area contributed by atoms with Gasteiger partial charge in [0.15, 0.2) is 0 Å². The summed E-state index contributed by atoms with van der Waals surface area (Å²) in [5.41, 5.74) is 5.17. The van der Waals surface area contributed by atoms with Crippen LogP contribution in [0.5, 0.6) is 0 Å². The van der Waals surface area contributed by atoms with Crippen LogP contribution < -0.4 is 5.73 Å². The molecule has 0 saturated heterocycles. The molecule has 0 saturated carbocycles. The largest absolute Gasteiger partial charge is 0.387 e. The van der Waals surface area contributed by atoms with Crippen LogP contribution in [0.15, 0.2) is 29.4 Å². The molecule has 0 unspecified atom stereocenters. The fraction of sp³-hybridized carbons (Fsp3) is 0.143. The van der Waals surface area contributed by atoms with Crippen LogP contribution in [0.4, 0.5) is 0 Å². The number of hydrogen-bond acceptors (Lipinski definition) is 3. The van der Waals surface area contributed by atoms with Crippen molar-refractivity contribution >= 4 is 17.6 Å². The second-order valence-electron chi connectivity index (χ2n) is 1.98. The Morgan fingerprint density at radius 2 is 2.45 bits per heavy atom. The van der Waals surface area contributed by atoms with E-state index in [1.54, 1.807) is 6.20 Å². The van der Waals surface area contributed by atoms with Crippen LogP contribution >= 0.6 is 11.8 Å². The van der Waals surface area contributed by atoms with Crippen LogP contribution in [-0.4, -0.2) is 16.6 Å². The minimum absolute atomic E-state index is 0.181. The number of nitrogens with zero attached hydrogens (tertiary/aromatic N) is 1. The Kier molecular flexibility index (Phi) is 2.92. The highest BCUT2D eigenvalue weighted by molar-refractivity contribution is 7.99. The molecular weight excluding hydrogens is 158 g/mol. The third-order valence-electron chi connectivity index (χ3n) is 1.01. The Morgan fingerprint density at radius 3 is 3.00 bits per heavy atom. The number of aromatic nitrogens is 1. The highest BCUT2D eigenvalue weighted by Gasteiger charge is 1.93. The molecule has 1 aromatic heterocycles. The van der Waals surface area contributed by atoms with Gasteiger partial charge in [-0.1, -0.05) is 17.8 Å². The van der Waals surface area contributed by atoms with Crippen molar-refractivity contribution in [3.05, 3.63) is 24.4 Å². The SMILES string of the molecule is N=C(N)CSc1ccccn1. The molecular formula is C7H9N3S. The van der Waals surface area contributed by atoms with Crippen molar-refractivity contribution in [3.63, 3.8) is 0 Å². The molecule has 1 heterocycles. The summed E-state index contributed by atoms with van der Waals surface area (Å²) in [6.07, 6.45) is 1.72. The van der Waals surface area contributed by atoms with Gasteiger partial charge in [-0.25, -0.2) is 4.98 Å². The molecule has 11 heavy (non-hydrogen) atoms. The summed E-state index contributed by atoms with van der Waals surface area (Å²) in [7, 11) is 0. The standard InChI is InChI=1S/C7H9N3S/c8-6(9)5-11-7-3-1-2-4-10-7/h1-4H,5H2,(H3,8,9). The van der Waals surface area contributed by atoms with E-state index in [-0.39, 0.29) is 5.84 Å². The molecule has 1 aromatic rings. The molecule has 0 spiro atoms. The molecule has 3 N–H and O–H groups in total. The maximum atomic E-state index is 6.97. The lowest BCUT2D eigenvalue weighted by Gasteiger charge is -1.96. The van der Waals surface area contributed by atoms with Crippen molar-refractivity contribution in [3.8, 4) is 0 Å². The molecule has 3 nitrogen and oxygen atoms in total. The van der Waals surface area contributed by atoms with E-state index in [0.29, 0.717) is 5.75 Å². The summed E-state index contributed by atoms with van der Waals surface area (Å²) in [5, 5.41) is 7.88. The molecule has 0 radical (unpaired) electrons. The van der Waals surface area contributed by atoms with Gasteiger partial charge in [-0.15, -0.1) is 0 Å². The average Bonchev–Trinajstić information content (AvgIpc) is 2.03. The van der Waals surface area contributed by atoms with Crippen LogP contribution in [0.25, 0.3) is 0 Å². The Bertz CT molecular complexity index is 235. The van der Waals surface area contributed by atoms with Crippen molar-refractivity contribution < 1.29 is 0 Å². The molecule has 4 heteroatoms. The van der Waals surface area contributed by atoms with E-state index in [1.165, 1.54) is 11.8 Å². The number of amidine groups is 1. The number of thioether (sulfide) groups is 1. The second-order valence-corrected chi connectivity index (χ2v) is 2.98. The highest BCUT2D eigenvalue weighted by atomic mass is 32.2. The lowest BCUT2D eigenvalue weighted by atomic mass is 10.5. The van der Waals surface area contributed by atoms with E-state index in [9.17, 15) is 0 Å². The number of nitrogens with two attached hydrogens (primary N) is 1. The molecule has 0 bridgehead atoms. The third-order valence-corrected chi connectivity index (χ3v) is 2.01. The fourth-order valence-corrected chi connectivity index (χ4v) is 1.20. The fourth-order valence-electron chi connectivity index (χ4n) is 0.584. The Balaban J connectivity index is 2.45. The van der Waals surface area contributed by atoms with Gasteiger partial charge in [0.25, 0.3) is 0 Å². The molecule has 0 atom stereocenters. The van der Waals surface area contributed by atoms with Crippen LogP contribution in [0.1, 0.15) is 0 Å². The second kappa shape index (κ2) is 3.98. The Morgan fingerprint density at radius 1 is 1.64 bits per heavy atom. The van der Waals surface area contributed by atoms with Gasteiger partial charge in [0.2, 0.25) is 0 Å². The maximum Gasteiger partial charge on any atom is 0.101 e. The van der Waals surface area contributed by atoms with Gasteiger partial charge < -0.3 is 5.73 Å². The third kappa shape index (κ3) is 3.04. The predicted octanol–water partition coefficient (Wildman–Crippen LogP) is 1.11. The number of rotatable bonds is 3. The molecule has 0 amide bonds. The predicted molar refractivity (Wildman–Crippen MR) is 46.9 cm³/mol. The van der Waals surface area contributed by atoms with Crippen molar-refractivity contribution in [2.45, 2.75) is 5.03 Å². The van der Waals surface area contributed by atoms with Gasteiger partial charge >= 0.3 is 0 Å². The zero-order valence-electron chi connectivity index (χ0n) is 5.95. The zero-order valence-corrected chi connectivity index (χ0v) is 6.77. The van der Waals surface area contributed by atoms with E-state index in [1.807, 2.05) is 18.2 Å². The van der Waals surface area contributed by atoms with E-state index >= 15 is 0 Å². The maximum absolute atomic E-state index is 6.97. The minimum atomic E-state index is 0.181. The summed E-state index contributed by atoms with van der Waals surface area (Å²) in [5.74, 6) is 0.692. The first-order valence-corrected chi connectivity index (χ1v) is 4.14. The molecule has 0 aromatic carbocycles. The van der Waals surface area contributed by atoms with Gasteiger partial charge in [0, 0.05) is 6.20 Å². The monoisotopic (exact) mass is 167 g/mol. The molecule has 58 valence electrons. The van der Waals surface area contributed by atoms with Crippen molar-refractivity contribution in [2.75, 3.05) is 5.75 Å². The normalized spacial score (nSPS) is 9.45. The summed E-state index contributed by atoms with van der Waals surface area (Å²) >= 11 is 1.47. The van der Waals surface area contributed by atoms with Gasteiger partial charge in [0.05, 0.1) is 10.8 Å². The first-order chi connectivity index (χ1) is 5.29. The van der Waals surface area contributed by atoms with Crippen LogP contribution in [0, 0.1) is 5.41 Å². The molecule has 0 aliphatic carbocycles. The van der Waals surface area contributed by atoms with E-state index in [2.05, 4.69) is 4.98 Å². The summed E-state index contributed by atoms with van der Waals surface area (Å²) < 4.78 is 0. The number of pyridine rings is 1. The van der Waals surface area contributed by atoms with Crippen molar-refractivity contribution in [1.82, 2.24) is 4.98 Å². The number of nitrogens with one attached hydrogen (secondary N) is 1. The van der Waals surface area contributed by atoms with Gasteiger partial charge in [-0.05, 0) is 12.1 Å². The van der Waals surface area contributed by atoms with Crippen LogP contribution in [0.2, 0.25) is 0 Å². The lowest BCUT2D eigenvalue weighted by molar-refractivity contribution is 1.14. The first kappa shape index (κ1) is 8.07. The van der Waals surface area contributed by atoms with Gasteiger partial charge in [0.1, 0.15) is 5.84 Å². The van der Waals surface area contributed by atoms with Gasteiger partial charge in [-0.2, -0.15) is 0 Å². The van der Waals surface area contributed by atoms with E-state index < -0.39 is 0 Å². The topological polar surface area (TPSA) is 62.8 Å². The van der Waals surface area contributed by atoms with Crippen LogP contribution in [-0.2, 0) is 0 Å².